The molecule has 0 aliphatic carbocycles. The zero-order valence-corrected chi connectivity index (χ0v) is 13.6. The van der Waals surface area contributed by atoms with Crippen molar-refractivity contribution in [3.63, 3.8) is 0 Å². The molecule has 25 heavy (non-hydrogen) atoms. The van der Waals surface area contributed by atoms with Crippen molar-refractivity contribution in [2.45, 2.75) is 38.7 Å². The molecule has 2 aromatic heterocycles. The standard InChI is InChI=1S/C14H19N5O6/c1-5(2)11(22)17-13-16-10-9(12(23)18-13)15-14(24)19(10)8-3-6(21)7(4-20)25-8/h5-8,20-21H,3-4H2,1-2H3,(H,15,24)(H2,16,17,18,22,23)/t6-,7+,8+/m0/s1. The fourth-order valence-electron chi connectivity index (χ4n) is 2.64. The number of aliphatic hydroxyl groups is 2. The van der Waals surface area contributed by atoms with E-state index in [-0.39, 0.29) is 35.4 Å². The van der Waals surface area contributed by atoms with E-state index in [2.05, 4.69) is 20.3 Å². The molecule has 0 bridgehead atoms. The first kappa shape index (κ1) is 17.3. The number of carbonyl (C=O) groups excluding carboxylic acids is 1. The van der Waals surface area contributed by atoms with E-state index in [0.717, 1.165) is 4.57 Å². The highest BCUT2D eigenvalue weighted by atomic mass is 16.5. The largest absolute Gasteiger partial charge is 0.394 e. The predicted octanol–water partition coefficient (Wildman–Crippen LogP) is -1.35. The summed E-state index contributed by atoms with van der Waals surface area (Å²) in [6, 6.07) is 0. The molecule has 1 amide bonds. The molecular formula is C14H19N5O6. The lowest BCUT2D eigenvalue weighted by Crippen LogP contribution is -2.25. The van der Waals surface area contributed by atoms with Gasteiger partial charge in [-0.3, -0.25) is 24.9 Å². The van der Waals surface area contributed by atoms with Gasteiger partial charge in [-0.05, 0) is 0 Å². The lowest BCUT2D eigenvalue weighted by molar-refractivity contribution is -0.118. The number of aromatic amines is 2. The van der Waals surface area contributed by atoms with Crippen LogP contribution in [0.3, 0.4) is 0 Å². The van der Waals surface area contributed by atoms with Gasteiger partial charge in [0.2, 0.25) is 11.9 Å². The maximum Gasteiger partial charge on any atom is 0.329 e. The van der Waals surface area contributed by atoms with Crippen LogP contribution in [0.25, 0.3) is 11.2 Å². The highest BCUT2D eigenvalue weighted by Crippen LogP contribution is 2.29. The first-order valence-electron chi connectivity index (χ1n) is 7.81. The van der Waals surface area contributed by atoms with Crippen LogP contribution < -0.4 is 16.6 Å². The number of aliphatic hydroxyl groups excluding tert-OH is 2. The zero-order chi connectivity index (χ0) is 18.3. The second kappa shape index (κ2) is 6.43. The molecule has 3 rings (SSSR count). The molecular weight excluding hydrogens is 334 g/mol. The number of fused-ring (bicyclic) bond motifs is 1. The van der Waals surface area contributed by atoms with Gasteiger partial charge in [0, 0.05) is 12.3 Å². The van der Waals surface area contributed by atoms with Crippen LogP contribution in [0.2, 0.25) is 0 Å². The number of amides is 1. The van der Waals surface area contributed by atoms with Gasteiger partial charge in [-0.2, -0.15) is 4.98 Å². The summed E-state index contributed by atoms with van der Waals surface area (Å²) in [4.78, 5) is 45.1. The Labute approximate surface area is 140 Å². The Bertz CT molecular complexity index is 913. The minimum absolute atomic E-state index is 0.0106. The number of rotatable bonds is 4. The number of H-pyrrole nitrogens is 2. The van der Waals surface area contributed by atoms with Gasteiger partial charge in [-0.1, -0.05) is 13.8 Å². The average molecular weight is 353 g/mol. The zero-order valence-electron chi connectivity index (χ0n) is 13.6. The lowest BCUT2D eigenvalue weighted by Gasteiger charge is -2.13. The maximum atomic E-state index is 12.2. The van der Waals surface area contributed by atoms with Crippen molar-refractivity contribution in [3.05, 3.63) is 20.8 Å². The smallest absolute Gasteiger partial charge is 0.329 e. The van der Waals surface area contributed by atoms with Gasteiger partial charge in [0.1, 0.15) is 12.3 Å². The Morgan fingerprint density at radius 1 is 1.44 bits per heavy atom. The number of aromatic nitrogens is 4. The molecule has 2 aromatic rings. The number of hydrogen-bond donors (Lipinski definition) is 5. The number of nitrogens with one attached hydrogen (secondary N) is 3. The average Bonchev–Trinajstić information content (AvgIpc) is 3.06. The normalized spacial score (nSPS) is 23.5. The van der Waals surface area contributed by atoms with Crippen LogP contribution in [0.4, 0.5) is 5.95 Å². The van der Waals surface area contributed by atoms with Crippen molar-refractivity contribution < 1.29 is 19.7 Å². The van der Waals surface area contributed by atoms with Crippen molar-refractivity contribution in [3.8, 4) is 0 Å². The third-order valence-electron chi connectivity index (χ3n) is 4.02. The van der Waals surface area contributed by atoms with Crippen molar-refractivity contribution in [2.75, 3.05) is 11.9 Å². The molecule has 3 atom stereocenters. The van der Waals surface area contributed by atoms with Gasteiger partial charge in [0.05, 0.1) is 12.7 Å². The van der Waals surface area contributed by atoms with Crippen LogP contribution in [0.5, 0.6) is 0 Å². The van der Waals surface area contributed by atoms with Crippen molar-refractivity contribution in [2.24, 2.45) is 5.92 Å². The summed E-state index contributed by atoms with van der Waals surface area (Å²) >= 11 is 0. The third-order valence-corrected chi connectivity index (χ3v) is 4.02. The lowest BCUT2D eigenvalue weighted by atomic mass is 10.2. The molecule has 0 radical (unpaired) electrons. The topological polar surface area (TPSA) is 162 Å². The van der Waals surface area contributed by atoms with Crippen LogP contribution in [0, 0.1) is 5.92 Å². The Hall–Kier alpha value is -2.50. The number of ether oxygens (including phenoxy) is 1. The molecule has 1 aliphatic rings. The SMILES string of the molecule is CC(C)C(=O)Nc1nc2c([nH]c(=O)n2[C@H]2C[C@H](O)[C@@H](CO)O2)c(=O)[nH]1. The van der Waals surface area contributed by atoms with Crippen LogP contribution in [0.15, 0.2) is 9.59 Å². The Morgan fingerprint density at radius 2 is 2.16 bits per heavy atom. The van der Waals surface area contributed by atoms with Gasteiger partial charge < -0.3 is 14.9 Å². The number of anilines is 1. The van der Waals surface area contributed by atoms with E-state index < -0.39 is 36.3 Å². The highest BCUT2D eigenvalue weighted by Gasteiger charge is 2.36. The molecule has 136 valence electrons. The maximum absolute atomic E-state index is 12.2. The molecule has 1 saturated heterocycles. The van der Waals surface area contributed by atoms with Crippen LogP contribution in [0.1, 0.15) is 26.5 Å². The van der Waals surface area contributed by atoms with Gasteiger partial charge in [0.25, 0.3) is 5.56 Å². The van der Waals surface area contributed by atoms with E-state index in [0.29, 0.717) is 0 Å². The Balaban J connectivity index is 2.06. The van der Waals surface area contributed by atoms with Gasteiger partial charge in [-0.15, -0.1) is 0 Å². The highest BCUT2D eigenvalue weighted by molar-refractivity contribution is 5.91. The second-order valence-electron chi connectivity index (χ2n) is 6.17. The fourth-order valence-corrected chi connectivity index (χ4v) is 2.64. The van der Waals surface area contributed by atoms with E-state index in [1.54, 1.807) is 13.8 Å². The molecule has 3 heterocycles. The molecule has 5 N–H and O–H groups in total. The summed E-state index contributed by atoms with van der Waals surface area (Å²) in [6.45, 7) is 2.96. The van der Waals surface area contributed by atoms with E-state index >= 15 is 0 Å². The molecule has 1 aliphatic heterocycles. The summed E-state index contributed by atoms with van der Waals surface area (Å²) in [5.41, 5.74) is -1.35. The monoisotopic (exact) mass is 353 g/mol. The molecule has 0 spiro atoms. The van der Waals surface area contributed by atoms with E-state index in [9.17, 15) is 24.6 Å². The summed E-state index contributed by atoms with van der Waals surface area (Å²) in [7, 11) is 0. The third kappa shape index (κ3) is 3.08. The van der Waals surface area contributed by atoms with Crippen molar-refractivity contribution >= 4 is 23.0 Å². The fraction of sp³-hybridized carbons (Fsp3) is 0.571. The molecule has 11 heteroatoms. The number of nitrogens with zero attached hydrogens (tertiary/aromatic N) is 2. The van der Waals surface area contributed by atoms with Crippen LogP contribution >= 0.6 is 0 Å². The first-order valence-corrected chi connectivity index (χ1v) is 7.81. The minimum atomic E-state index is -0.950. The second-order valence-corrected chi connectivity index (χ2v) is 6.17. The van der Waals surface area contributed by atoms with Gasteiger partial charge in [-0.25, -0.2) is 9.36 Å². The molecule has 1 fully saturated rings. The van der Waals surface area contributed by atoms with Crippen LogP contribution in [-0.4, -0.2) is 54.5 Å². The van der Waals surface area contributed by atoms with Crippen LogP contribution in [-0.2, 0) is 9.53 Å². The van der Waals surface area contributed by atoms with E-state index in [1.165, 1.54) is 0 Å². The number of imidazole rings is 1. The summed E-state index contributed by atoms with van der Waals surface area (Å²) < 4.78 is 6.55. The van der Waals surface area contributed by atoms with Crippen molar-refractivity contribution in [1.29, 1.82) is 0 Å². The molecule has 0 unspecified atom stereocenters. The summed E-state index contributed by atoms with van der Waals surface area (Å²) in [5, 5.41) is 21.5. The number of carbonyl (C=O) groups is 1. The van der Waals surface area contributed by atoms with Gasteiger partial charge >= 0.3 is 5.69 Å². The molecule has 0 aromatic carbocycles. The summed E-state index contributed by atoms with van der Waals surface area (Å²) in [6.07, 6.45) is -2.62. The minimum Gasteiger partial charge on any atom is -0.394 e. The van der Waals surface area contributed by atoms with E-state index in [4.69, 9.17) is 4.74 Å². The quantitative estimate of drug-likeness (QED) is 0.453. The molecule has 11 nitrogen and oxygen atoms in total. The Kier molecular flexibility index (Phi) is 4.45. The number of hydrogen-bond acceptors (Lipinski definition) is 7. The Morgan fingerprint density at radius 3 is 2.76 bits per heavy atom. The summed E-state index contributed by atoms with van der Waals surface area (Å²) in [5.74, 6) is -0.769. The molecule has 0 saturated carbocycles. The first-order chi connectivity index (χ1) is 11.8. The van der Waals surface area contributed by atoms with Crippen molar-refractivity contribution in [1.82, 2.24) is 19.5 Å². The van der Waals surface area contributed by atoms with Gasteiger partial charge in [0.15, 0.2) is 11.2 Å². The van der Waals surface area contributed by atoms with E-state index in [1.807, 2.05) is 0 Å². The predicted molar refractivity (Wildman–Crippen MR) is 86.1 cm³/mol.